The topological polar surface area (TPSA) is 78.6 Å². The van der Waals surface area contributed by atoms with E-state index in [0.717, 1.165) is 39.2 Å². The molecule has 0 aliphatic carbocycles. The SMILES string of the molecule is c1ccc(COc2ccc(Nc3cncc4cnc(-c5ccc(C6OCCO6)o5)cc34)cc2)cc1. The van der Waals surface area contributed by atoms with E-state index in [-0.39, 0.29) is 0 Å². The van der Waals surface area contributed by atoms with E-state index in [1.54, 1.807) is 18.6 Å². The van der Waals surface area contributed by atoms with Gasteiger partial charge in [0.2, 0.25) is 6.29 Å². The normalized spacial score (nSPS) is 13.8. The second kappa shape index (κ2) is 9.58. The molecule has 35 heavy (non-hydrogen) atoms. The van der Waals surface area contributed by atoms with Gasteiger partial charge in [0.1, 0.15) is 18.1 Å². The molecule has 1 fully saturated rings. The van der Waals surface area contributed by atoms with E-state index in [2.05, 4.69) is 15.3 Å². The van der Waals surface area contributed by atoms with Gasteiger partial charge in [-0.05, 0) is 48.0 Å². The lowest BCUT2D eigenvalue weighted by molar-refractivity contribution is -0.0585. The largest absolute Gasteiger partial charge is 0.489 e. The van der Waals surface area contributed by atoms with Gasteiger partial charge in [-0.3, -0.25) is 9.97 Å². The summed E-state index contributed by atoms with van der Waals surface area (Å²) in [6.07, 6.45) is 4.95. The highest BCUT2D eigenvalue weighted by Gasteiger charge is 2.22. The molecular weight excluding hydrogens is 442 g/mol. The number of fused-ring (bicyclic) bond motifs is 1. The lowest BCUT2D eigenvalue weighted by atomic mass is 10.1. The number of benzene rings is 2. The number of nitrogens with zero attached hydrogens (tertiary/aromatic N) is 2. The summed E-state index contributed by atoms with van der Waals surface area (Å²) >= 11 is 0. The molecule has 0 atom stereocenters. The van der Waals surface area contributed by atoms with Crippen LogP contribution in [0.5, 0.6) is 5.75 Å². The maximum Gasteiger partial charge on any atom is 0.217 e. The average molecular weight is 466 g/mol. The number of furan rings is 1. The summed E-state index contributed by atoms with van der Waals surface area (Å²) in [6.45, 7) is 1.66. The van der Waals surface area contributed by atoms with Crippen LogP contribution in [0.2, 0.25) is 0 Å². The van der Waals surface area contributed by atoms with Crippen LogP contribution in [0.4, 0.5) is 11.4 Å². The molecule has 7 nitrogen and oxygen atoms in total. The van der Waals surface area contributed by atoms with Crippen molar-refractivity contribution in [1.29, 1.82) is 0 Å². The van der Waals surface area contributed by atoms with Gasteiger partial charge in [-0.1, -0.05) is 30.3 Å². The third-order valence-electron chi connectivity index (χ3n) is 5.76. The first-order valence-electron chi connectivity index (χ1n) is 11.4. The van der Waals surface area contributed by atoms with Crippen LogP contribution in [0.15, 0.2) is 95.8 Å². The van der Waals surface area contributed by atoms with Gasteiger partial charge in [0, 0.05) is 28.9 Å². The molecule has 0 amide bonds. The molecule has 6 rings (SSSR count). The Morgan fingerprint density at radius 1 is 0.886 bits per heavy atom. The van der Waals surface area contributed by atoms with Gasteiger partial charge in [-0.15, -0.1) is 0 Å². The number of hydrogen-bond acceptors (Lipinski definition) is 7. The van der Waals surface area contributed by atoms with Crippen molar-refractivity contribution in [2.45, 2.75) is 12.9 Å². The molecule has 0 spiro atoms. The van der Waals surface area contributed by atoms with Gasteiger partial charge < -0.3 is 23.9 Å². The number of rotatable bonds is 7. The van der Waals surface area contributed by atoms with Crippen LogP contribution in [0.3, 0.4) is 0 Å². The Kier molecular flexibility index (Phi) is 5.84. The van der Waals surface area contributed by atoms with Crippen molar-refractivity contribution >= 4 is 22.1 Å². The van der Waals surface area contributed by atoms with Gasteiger partial charge in [0.15, 0.2) is 11.5 Å². The third-order valence-corrected chi connectivity index (χ3v) is 5.76. The zero-order valence-corrected chi connectivity index (χ0v) is 18.9. The van der Waals surface area contributed by atoms with Gasteiger partial charge in [-0.2, -0.15) is 0 Å². The first-order valence-corrected chi connectivity index (χ1v) is 11.4. The van der Waals surface area contributed by atoms with Crippen molar-refractivity contribution in [1.82, 2.24) is 9.97 Å². The fraction of sp³-hybridized carbons (Fsp3) is 0.143. The van der Waals surface area contributed by atoms with E-state index < -0.39 is 6.29 Å². The minimum Gasteiger partial charge on any atom is -0.489 e. The van der Waals surface area contributed by atoms with Crippen LogP contribution in [0.1, 0.15) is 17.6 Å². The molecule has 0 unspecified atom stereocenters. The van der Waals surface area contributed by atoms with Crippen molar-refractivity contribution in [3.63, 3.8) is 0 Å². The van der Waals surface area contributed by atoms with Crippen molar-refractivity contribution in [2.75, 3.05) is 18.5 Å². The molecule has 5 aromatic rings. The molecule has 174 valence electrons. The molecule has 4 heterocycles. The highest BCUT2D eigenvalue weighted by Crippen LogP contribution is 2.32. The lowest BCUT2D eigenvalue weighted by Crippen LogP contribution is -1.96. The van der Waals surface area contributed by atoms with E-state index in [1.165, 1.54) is 0 Å². The summed E-state index contributed by atoms with van der Waals surface area (Å²) in [6, 6.07) is 23.7. The maximum atomic E-state index is 5.97. The Labute approximate surface area is 202 Å². The second-order valence-corrected chi connectivity index (χ2v) is 8.18. The molecule has 2 aromatic carbocycles. The highest BCUT2D eigenvalue weighted by molar-refractivity contribution is 5.95. The molecular formula is C28H23N3O4. The van der Waals surface area contributed by atoms with Crippen LogP contribution >= 0.6 is 0 Å². The monoisotopic (exact) mass is 465 g/mol. The molecule has 0 saturated carbocycles. The Morgan fingerprint density at radius 3 is 2.54 bits per heavy atom. The van der Waals surface area contributed by atoms with Gasteiger partial charge >= 0.3 is 0 Å². The highest BCUT2D eigenvalue weighted by atomic mass is 16.7. The van der Waals surface area contributed by atoms with Gasteiger partial charge in [-0.25, -0.2) is 0 Å². The summed E-state index contributed by atoms with van der Waals surface area (Å²) in [4.78, 5) is 8.93. The predicted molar refractivity (Wildman–Crippen MR) is 132 cm³/mol. The van der Waals surface area contributed by atoms with E-state index in [4.69, 9.17) is 18.6 Å². The van der Waals surface area contributed by atoms with Crippen molar-refractivity contribution in [3.05, 3.63) is 103 Å². The molecule has 3 aromatic heterocycles. The molecule has 1 saturated heterocycles. The summed E-state index contributed by atoms with van der Waals surface area (Å²) in [5.74, 6) is 2.11. The zero-order chi connectivity index (χ0) is 23.5. The fourth-order valence-corrected chi connectivity index (χ4v) is 3.97. The lowest BCUT2D eigenvalue weighted by Gasteiger charge is -2.11. The Hall–Kier alpha value is -4.20. The van der Waals surface area contributed by atoms with Crippen LogP contribution in [0.25, 0.3) is 22.2 Å². The standard InChI is InChI=1S/C28H23N3O4/c1-2-4-19(5-3-1)18-34-22-8-6-21(7-9-22)31-25-17-29-15-20-16-30-24(14-23(20)25)26-10-11-27(35-26)28-32-12-13-33-28/h1-11,14-17,28,31H,12-13,18H2. The van der Waals surface area contributed by atoms with E-state index in [0.29, 0.717) is 31.3 Å². The summed E-state index contributed by atoms with van der Waals surface area (Å²) in [7, 11) is 0. The minimum absolute atomic E-state index is 0.453. The third kappa shape index (κ3) is 4.73. The Balaban J connectivity index is 1.21. The summed E-state index contributed by atoms with van der Waals surface area (Å²) < 4.78 is 22.9. The number of pyridine rings is 2. The smallest absolute Gasteiger partial charge is 0.217 e. The van der Waals surface area contributed by atoms with Crippen molar-refractivity contribution in [3.8, 4) is 17.2 Å². The second-order valence-electron chi connectivity index (χ2n) is 8.18. The molecule has 1 aliphatic rings. The Morgan fingerprint density at radius 2 is 1.71 bits per heavy atom. The number of hydrogen-bond donors (Lipinski definition) is 1. The zero-order valence-electron chi connectivity index (χ0n) is 18.9. The number of ether oxygens (including phenoxy) is 3. The predicted octanol–water partition coefficient (Wildman–Crippen LogP) is 6.26. The van der Waals surface area contributed by atoms with Crippen LogP contribution in [-0.2, 0) is 16.1 Å². The Bertz CT molecular complexity index is 1430. The van der Waals surface area contributed by atoms with Gasteiger partial charge in [0.05, 0.1) is 25.1 Å². The summed E-state index contributed by atoms with van der Waals surface area (Å²) in [5, 5.41) is 5.37. The van der Waals surface area contributed by atoms with Crippen LogP contribution in [0, 0.1) is 0 Å². The maximum absolute atomic E-state index is 5.97. The fourth-order valence-electron chi connectivity index (χ4n) is 3.97. The molecule has 1 aliphatic heterocycles. The number of anilines is 2. The van der Waals surface area contributed by atoms with E-state index >= 15 is 0 Å². The van der Waals surface area contributed by atoms with Crippen LogP contribution < -0.4 is 10.1 Å². The first-order chi connectivity index (χ1) is 17.3. The van der Waals surface area contributed by atoms with Crippen molar-refractivity contribution in [2.24, 2.45) is 0 Å². The molecule has 7 heteroatoms. The molecule has 1 N–H and O–H groups in total. The molecule has 0 radical (unpaired) electrons. The molecule has 0 bridgehead atoms. The quantitative estimate of drug-likeness (QED) is 0.304. The average Bonchev–Trinajstić information content (AvgIpc) is 3.62. The van der Waals surface area contributed by atoms with Crippen molar-refractivity contribution < 1.29 is 18.6 Å². The number of nitrogens with one attached hydrogen (secondary N) is 1. The van der Waals surface area contributed by atoms with E-state index in [1.807, 2.05) is 72.8 Å². The summed E-state index contributed by atoms with van der Waals surface area (Å²) in [5.41, 5.74) is 3.66. The minimum atomic E-state index is -0.453. The van der Waals surface area contributed by atoms with Gasteiger partial charge in [0.25, 0.3) is 0 Å². The first kappa shape index (κ1) is 21.3. The number of aromatic nitrogens is 2. The van der Waals surface area contributed by atoms with Crippen LogP contribution in [-0.4, -0.2) is 23.2 Å². The van der Waals surface area contributed by atoms with E-state index in [9.17, 15) is 0 Å².